The molecule has 1 aromatic heterocycles. The normalized spacial score (nSPS) is 15.1. The Bertz CT molecular complexity index is 630. The summed E-state index contributed by atoms with van der Waals surface area (Å²) in [5.41, 5.74) is 0.964. The number of hydrogen-bond donors (Lipinski definition) is 1. The third kappa shape index (κ3) is 3.42. The fourth-order valence-corrected chi connectivity index (χ4v) is 2.51. The van der Waals surface area contributed by atoms with Gasteiger partial charge in [-0.05, 0) is 44.7 Å². The number of carbonyl (C=O) groups is 1. The van der Waals surface area contributed by atoms with E-state index < -0.39 is 0 Å². The average molecular weight is 286 g/mol. The van der Waals surface area contributed by atoms with Crippen molar-refractivity contribution < 1.29 is 14.1 Å². The second-order valence-corrected chi connectivity index (χ2v) is 5.33. The highest BCUT2D eigenvalue weighted by Crippen LogP contribution is 2.25. The summed E-state index contributed by atoms with van der Waals surface area (Å²) in [5, 5.41) is 6.49. The Kier molecular flexibility index (Phi) is 3.90. The van der Waals surface area contributed by atoms with Gasteiger partial charge in [0.2, 0.25) is 0 Å². The highest BCUT2D eigenvalue weighted by atomic mass is 16.5. The van der Waals surface area contributed by atoms with Crippen LogP contribution >= 0.6 is 0 Å². The topological polar surface area (TPSA) is 64.4 Å². The van der Waals surface area contributed by atoms with Gasteiger partial charge in [-0.3, -0.25) is 4.79 Å². The number of nitrogens with one attached hydrogen (secondary N) is 1. The molecule has 5 heteroatoms. The van der Waals surface area contributed by atoms with Gasteiger partial charge in [0.15, 0.2) is 5.69 Å². The van der Waals surface area contributed by atoms with Gasteiger partial charge in [-0.2, -0.15) is 0 Å². The van der Waals surface area contributed by atoms with Gasteiger partial charge in [-0.15, -0.1) is 0 Å². The van der Waals surface area contributed by atoms with Gasteiger partial charge in [0, 0.05) is 17.8 Å². The minimum atomic E-state index is -0.287. The van der Waals surface area contributed by atoms with Crippen LogP contribution in [0.4, 0.5) is 5.69 Å². The van der Waals surface area contributed by atoms with Crippen LogP contribution in [0.5, 0.6) is 5.75 Å². The maximum Gasteiger partial charge on any atom is 0.277 e. The maximum atomic E-state index is 12.0. The summed E-state index contributed by atoms with van der Waals surface area (Å²) in [6.07, 6.45) is 4.97. The smallest absolute Gasteiger partial charge is 0.277 e. The summed E-state index contributed by atoms with van der Waals surface area (Å²) in [6.45, 7) is 1.75. The van der Waals surface area contributed by atoms with Crippen LogP contribution < -0.4 is 10.1 Å². The van der Waals surface area contributed by atoms with E-state index in [1.807, 2.05) is 24.3 Å². The minimum Gasteiger partial charge on any atom is -0.490 e. The lowest BCUT2D eigenvalue weighted by molar-refractivity contribution is 0.101. The zero-order valence-corrected chi connectivity index (χ0v) is 12.0. The first-order chi connectivity index (χ1) is 10.2. The average Bonchev–Trinajstić information content (AvgIpc) is 3.11. The fourth-order valence-electron chi connectivity index (χ4n) is 2.51. The van der Waals surface area contributed by atoms with Crippen LogP contribution in [0.15, 0.2) is 34.9 Å². The summed E-state index contributed by atoms with van der Waals surface area (Å²) >= 11 is 0. The second kappa shape index (κ2) is 5.99. The largest absolute Gasteiger partial charge is 0.490 e. The molecule has 1 aliphatic carbocycles. The first-order valence-corrected chi connectivity index (χ1v) is 7.22. The van der Waals surface area contributed by atoms with Crippen molar-refractivity contribution in [1.29, 1.82) is 0 Å². The standard InChI is InChI=1S/C16H18N2O3/c1-11-9-15(18-21-11)16(19)17-12-5-4-8-14(10-12)20-13-6-2-3-7-13/h4-5,8-10,13H,2-3,6-7H2,1H3,(H,17,19). The molecule has 5 nitrogen and oxygen atoms in total. The van der Waals surface area contributed by atoms with Gasteiger partial charge in [0.25, 0.3) is 5.91 Å². The minimum absolute atomic E-state index is 0.273. The molecule has 0 atom stereocenters. The van der Waals surface area contributed by atoms with Crippen molar-refractivity contribution in [2.75, 3.05) is 5.32 Å². The predicted octanol–water partition coefficient (Wildman–Crippen LogP) is 3.56. The van der Waals surface area contributed by atoms with Crippen LogP contribution in [0.25, 0.3) is 0 Å². The number of aromatic nitrogens is 1. The van der Waals surface area contributed by atoms with E-state index in [2.05, 4.69) is 10.5 Å². The van der Waals surface area contributed by atoms with Crippen molar-refractivity contribution in [2.24, 2.45) is 0 Å². The van der Waals surface area contributed by atoms with Crippen LogP contribution in [0.3, 0.4) is 0 Å². The molecule has 1 heterocycles. The van der Waals surface area contributed by atoms with E-state index in [4.69, 9.17) is 9.26 Å². The number of anilines is 1. The molecule has 0 bridgehead atoms. The zero-order chi connectivity index (χ0) is 14.7. The van der Waals surface area contributed by atoms with Gasteiger partial charge >= 0.3 is 0 Å². The van der Waals surface area contributed by atoms with Gasteiger partial charge in [0.05, 0.1) is 6.10 Å². The molecule has 0 aliphatic heterocycles. The summed E-state index contributed by atoms with van der Waals surface area (Å²) in [4.78, 5) is 12.0. The number of hydrogen-bond acceptors (Lipinski definition) is 4. The Morgan fingerprint density at radius 1 is 1.33 bits per heavy atom. The molecule has 0 unspecified atom stereocenters. The molecule has 1 fully saturated rings. The molecule has 110 valence electrons. The Labute approximate surface area is 123 Å². The van der Waals surface area contributed by atoms with Crippen molar-refractivity contribution in [1.82, 2.24) is 5.16 Å². The van der Waals surface area contributed by atoms with Crippen molar-refractivity contribution >= 4 is 11.6 Å². The van der Waals surface area contributed by atoms with Gasteiger partial charge in [0.1, 0.15) is 11.5 Å². The third-order valence-electron chi connectivity index (χ3n) is 3.56. The number of amides is 1. The highest BCUT2D eigenvalue weighted by Gasteiger charge is 2.17. The van der Waals surface area contributed by atoms with Gasteiger partial charge in [-0.25, -0.2) is 0 Å². The van der Waals surface area contributed by atoms with E-state index >= 15 is 0 Å². The van der Waals surface area contributed by atoms with Crippen molar-refractivity contribution in [3.05, 3.63) is 41.8 Å². The Morgan fingerprint density at radius 2 is 2.14 bits per heavy atom. The Balaban J connectivity index is 1.66. The lowest BCUT2D eigenvalue weighted by atomic mass is 10.2. The van der Waals surface area contributed by atoms with Crippen LogP contribution in [0.1, 0.15) is 41.9 Å². The van der Waals surface area contributed by atoms with E-state index in [1.165, 1.54) is 12.8 Å². The number of carbonyl (C=O) groups excluding carboxylic acids is 1. The van der Waals surface area contributed by atoms with Crippen LogP contribution in [-0.4, -0.2) is 17.2 Å². The van der Waals surface area contributed by atoms with Gasteiger partial charge < -0.3 is 14.6 Å². The summed E-state index contributed by atoms with van der Waals surface area (Å²) in [7, 11) is 0. The third-order valence-corrected chi connectivity index (χ3v) is 3.56. The molecular weight excluding hydrogens is 268 g/mol. The second-order valence-electron chi connectivity index (χ2n) is 5.33. The number of benzene rings is 1. The molecule has 0 radical (unpaired) electrons. The number of rotatable bonds is 4. The van der Waals surface area contributed by atoms with E-state index in [0.717, 1.165) is 18.6 Å². The van der Waals surface area contributed by atoms with Crippen molar-refractivity contribution in [2.45, 2.75) is 38.7 Å². The predicted molar refractivity (Wildman–Crippen MR) is 78.5 cm³/mol. The fraction of sp³-hybridized carbons (Fsp3) is 0.375. The number of ether oxygens (including phenoxy) is 1. The zero-order valence-electron chi connectivity index (χ0n) is 12.0. The first-order valence-electron chi connectivity index (χ1n) is 7.22. The number of aryl methyl sites for hydroxylation is 1. The Morgan fingerprint density at radius 3 is 2.86 bits per heavy atom. The Hall–Kier alpha value is -2.30. The van der Waals surface area contributed by atoms with E-state index in [-0.39, 0.29) is 11.6 Å². The van der Waals surface area contributed by atoms with Crippen molar-refractivity contribution in [3.63, 3.8) is 0 Å². The SMILES string of the molecule is Cc1cc(C(=O)Nc2cccc(OC3CCCC3)c2)no1. The van der Waals surface area contributed by atoms with E-state index in [0.29, 0.717) is 17.6 Å². The molecule has 21 heavy (non-hydrogen) atoms. The van der Waals surface area contributed by atoms with Crippen LogP contribution in [0.2, 0.25) is 0 Å². The van der Waals surface area contributed by atoms with Crippen LogP contribution in [-0.2, 0) is 0 Å². The summed E-state index contributed by atoms with van der Waals surface area (Å²) in [5.74, 6) is 1.11. The first kappa shape index (κ1) is 13.7. The molecule has 1 N–H and O–H groups in total. The quantitative estimate of drug-likeness (QED) is 0.933. The molecule has 2 aromatic rings. The highest BCUT2D eigenvalue weighted by molar-refractivity contribution is 6.02. The van der Waals surface area contributed by atoms with E-state index in [1.54, 1.807) is 13.0 Å². The van der Waals surface area contributed by atoms with E-state index in [9.17, 15) is 4.79 Å². The van der Waals surface area contributed by atoms with Gasteiger partial charge in [-0.1, -0.05) is 11.2 Å². The summed E-state index contributed by atoms with van der Waals surface area (Å²) < 4.78 is 10.8. The lowest BCUT2D eigenvalue weighted by Crippen LogP contribution is -2.13. The molecule has 1 saturated carbocycles. The lowest BCUT2D eigenvalue weighted by Gasteiger charge is -2.13. The molecule has 0 spiro atoms. The molecule has 1 amide bonds. The summed E-state index contributed by atoms with van der Waals surface area (Å²) in [6, 6.07) is 9.05. The molecule has 3 rings (SSSR count). The molecule has 1 aromatic carbocycles. The van der Waals surface area contributed by atoms with Crippen LogP contribution in [0, 0.1) is 6.92 Å². The van der Waals surface area contributed by atoms with Crippen molar-refractivity contribution in [3.8, 4) is 5.75 Å². The monoisotopic (exact) mass is 286 g/mol. The molecule has 0 saturated heterocycles. The maximum absolute atomic E-state index is 12.0. The molecule has 1 aliphatic rings. The number of nitrogens with zero attached hydrogens (tertiary/aromatic N) is 1. The molecular formula is C16H18N2O3.